The van der Waals surface area contributed by atoms with Gasteiger partial charge in [0.2, 0.25) is 0 Å². The Morgan fingerprint density at radius 2 is 0.663 bits per heavy atom. The van der Waals surface area contributed by atoms with Crippen LogP contribution >= 0.6 is 22.7 Å². The van der Waals surface area contributed by atoms with Crippen LogP contribution in [0.1, 0.15) is 69.7 Å². The Kier molecular flexibility index (Phi) is 28.5. The number of hydrogen-bond acceptors (Lipinski definition) is 20. The molecular formula is C61H85N21O8S2. The Morgan fingerprint density at radius 3 is 1.00 bits per heavy atom. The van der Waals surface area contributed by atoms with Crippen LogP contribution in [0.15, 0.2) is 71.4 Å². The monoisotopic (exact) mass is 1300 g/mol. The number of para-hydroxylation sites is 2. The van der Waals surface area contributed by atoms with E-state index < -0.39 is 0 Å². The van der Waals surface area contributed by atoms with Crippen LogP contribution in [-0.4, -0.2) is 136 Å². The van der Waals surface area contributed by atoms with Gasteiger partial charge < -0.3 is 99.3 Å². The van der Waals surface area contributed by atoms with Gasteiger partial charge in [0.25, 0.3) is 0 Å². The Morgan fingerprint density at radius 1 is 0.370 bits per heavy atom. The molecule has 31 heteroatoms. The van der Waals surface area contributed by atoms with Crippen molar-refractivity contribution in [2.24, 2.45) is 40.1 Å². The number of amidine groups is 5. The minimum atomic E-state index is -0.232. The number of nitrogens with zero attached hydrogens (tertiary/aromatic N) is 2. The molecule has 4 aromatic carbocycles. The van der Waals surface area contributed by atoms with Crippen molar-refractivity contribution in [3.63, 3.8) is 0 Å². The average molecular weight is 1300 g/mol. The summed E-state index contributed by atoms with van der Waals surface area (Å²) in [5.74, 6) is 2.78. The van der Waals surface area contributed by atoms with E-state index in [0.717, 1.165) is 11.4 Å². The number of aromatic nitrogens is 2. The zero-order valence-corrected chi connectivity index (χ0v) is 53.1. The predicted molar refractivity (Wildman–Crippen MR) is 363 cm³/mol. The summed E-state index contributed by atoms with van der Waals surface area (Å²) in [7, 11) is 0. The summed E-state index contributed by atoms with van der Waals surface area (Å²) in [4.78, 5) is 10.3. The van der Waals surface area contributed by atoms with E-state index in [4.69, 9.17) is 131 Å². The number of hydrogen-bond donors (Lipinski definition) is 19. The van der Waals surface area contributed by atoms with Crippen molar-refractivity contribution in [3.8, 4) is 89.4 Å². The number of rotatable bonds is 43. The summed E-state index contributed by atoms with van der Waals surface area (Å²) in [6, 6.07) is 18.5. The molecule has 0 unspecified atom stereocenters. The molecule has 0 saturated carbocycles. The van der Waals surface area contributed by atoms with E-state index in [1.54, 1.807) is 19.1 Å². The SMILES string of the molecule is CC(=N)NCCOc1c(-c2cccc(OCCNC(=N)N)c2OCCCC(=N)N)ccc(-c2nc(CCc3csc(-c4ccc(-c5cccc(OCCNC(=N)N)c5OCCCC(=N)N)c(OCCNC(=N)N)c4OCCCC(=N)N)n3)cs2)c1OCCCC(=N)N. The fourth-order valence-electron chi connectivity index (χ4n) is 8.96. The lowest BCUT2D eigenvalue weighted by molar-refractivity contribution is 0.267. The highest BCUT2D eigenvalue weighted by Crippen LogP contribution is 2.51. The number of guanidine groups is 3. The van der Waals surface area contributed by atoms with Crippen molar-refractivity contribution in [2.45, 2.75) is 71.1 Å². The summed E-state index contributed by atoms with van der Waals surface area (Å²) < 4.78 is 51.9. The molecule has 2 heterocycles. The number of benzene rings is 4. The molecule has 29 nitrogen and oxygen atoms in total. The van der Waals surface area contributed by atoms with E-state index >= 15 is 0 Å². The third kappa shape index (κ3) is 22.9. The summed E-state index contributed by atoms with van der Waals surface area (Å²) in [6.07, 6.45) is 4.01. The first-order chi connectivity index (χ1) is 44.3. The number of ether oxygens (including phenoxy) is 8. The Bertz CT molecular complexity index is 3280. The van der Waals surface area contributed by atoms with Crippen LogP contribution in [0.25, 0.3) is 43.4 Å². The fourth-order valence-corrected chi connectivity index (χ4v) is 10.7. The minimum Gasteiger partial charge on any atom is -0.489 e. The molecule has 92 heavy (non-hydrogen) atoms. The number of thiazole rings is 2. The zero-order valence-electron chi connectivity index (χ0n) is 51.5. The summed E-state index contributed by atoms with van der Waals surface area (Å²) in [6.45, 7) is 3.85. The largest absolute Gasteiger partial charge is 0.489 e. The molecule has 0 fully saturated rings. The van der Waals surface area contributed by atoms with Crippen molar-refractivity contribution < 1.29 is 37.9 Å². The van der Waals surface area contributed by atoms with Crippen LogP contribution in [0.4, 0.5) is 0 Å². The molecule has 0 aliphatic heterocycles. The second-order valence-electron chi connectivity index (χ2n) is 20.6. The molecule has 0 aliphatic rings. The van der Waals surface area contributed by atoms with E-state index in [2.05, 4.69) is 21.3 Å². The molecule has 0 aliphatic carbocycles. The smallest absolute Gasteiger partial charge is 0.185 e. The maximum absolute atomic E-state index is 8.01. The highest BCUT2D eigenvalue weighted by atomic mass is 32.1. The quantitative estimate of drug-likeness (QED) is 0.0119. The van der Waals surface area contributed by atoms with Gasteiger partial charge in [-0.25, -0.2) is 9.97 Å². The first kappa shape index (κ1) is 70.8. The van der Waals surface area contributed by atoms with Gasteiger partial charge >= 0.3 is 0 Å². The van der Waals surface area contributed by atoms with Crippen LogP contribution in [0.5, 0.6) is 46.0 Å². The highest BCUT2D eigenvalue weighted by molar-refractivity contribution is 7.13. The van der Waals surface area contributed by atoms with Gasteiger partial charge in [-0.05, 0) is 81.8 Å². The molecule has 0 spiro atoms. The fraction of sp³-hybridized carbons (Fsp3) is 0.377. The van der Waals surface area contributed by atoms with E-state index in [1.807, 2.05) is 59.3 Å². The van der Waals surface area contributed by atoms with E-state index in [-0.39, 0.29) is 126 Å². The van der Waals surface area contributed by atoms with Crippen LogP contribution in [0, 0.1) is 43.3 Å². The van der Waals surface area contributed by atoms with Crippen molar-refractivity contribution in [3.05, 3.63) is 82.8 Å². The topological polar surface area (TPSA) is 521 Å². The van der Waals surface area contributed by atoms with E-state index in [9.17, 15) is 0 Å². The molecule has 6 aromatic rings. The second kappa shape index (κ2) is 37.0. The molecular weight excluding hydrogens is 1220 g/mol. The first-order valence-corrected chi connectivity index (χ1v) is 31.4. The van der Waals surface area contributed by atoms with Gasteiger partial charge in [0.1, 0.15) is 36.4 Å². The van der Waals surface area contributed by atoms with Crippen LogP contribution in [0.3, 0.4) is 0 Å². The molecule has 6 rings (SSSR count). The maximum Gasteiger partial charge on any atom is 0.185 e. The number of nitrogens with one attached hydrogen (secondary N) is 12. The molecule has 26 N–H and O–H groups in total. The van der Waals surface area contributed by atoms with Gasteiger partial charge in [0, 0.05) is 58.7 Å². The van der Waals surface area contributed by atoms with Crippen LogP contribution < -0.4 is 99.3 Å². The summed E-state index contributed by atoms with van der Waals surface area (Å²) in [5, 5.41) is 78.9. The minimum absolute atomic E-state index is 0.0133. The first-order valence-electron chi connectivity index (χ1n) is 29.7. The van der Waals surface area contributed by atoms with Gasteiger partial charge in [-0.1, -0.05) is 24.3 Å². The van der Waals surface area contributed by atoms with Crippen molar-refractivity contribution in [2.75, 3.05) is 79.0 Å². The second-order valence-corrected chi connectivity index (χ2v) is 22.3. The standard InChI is InChI=1S/C61H85N21O8S2/c1-36(62)77-22-32-89-53-41(39-8-2-10-45(83-30-23-78-59(71)72)51(39)85-26-4-12-47(63)64)18-20-43(55(53)87-28-6-14-49(67)68)57-81-37(34-91-57)16-17-38-35-92-58(82-38)44-21-19-42(54(90-33-25-80-61(75)76)56(44)88-29-7-15-50(69)70)40-9-3-11-46(84-31-24-79-60(73)74)52(40)86-27-5-13-48(65)66/h2-3,8-11,18-21,34-35H,4-7,12-17,22-33H2,1H3,(H2,62,77)(H3,63,64)(H3,65,66)(H3,67,68)(H3,69,70)(H4,71,72,78)(H4,73,74,79)(H4,75,76,80). The average Bonchev–Trinajstić information content (AvgIpc) is 1.05. The predicted octanol–water partition coefficient (Wildman–Crippen LogP) is 5.98. The van der Waals surface area contributed by atoms with Gasteiger partial charge in [0.05, 0.1) is 104 Å². The van der Waals surface area contributed by atoms with Gasteiger partial charge in [-0.2, -0.15) is 0 Å². The van der Waals surface area contributed by atoms with Crippen LogP contribution in [0.2, 0.25) is 0 Å². The summed E-state index contributed by atoms with van der Waals surface area (Å²) in [5.41, 5.74) is 44.9. The maximum atomic E-state index is 8.01. The van der Waals surface area contributed by atoms with Crippen LogP contribution in [-0.2, 0) is 12.8 Å². The van der Waals surface area contributed by atoms with Gasteiger partial charge in [0.15, 0.2) is 63.9 Å². The molecule has 0 radical (unpaired) electrons. The Hall–Kier alpha value is -10.3. The molecule has 0 bridgehead atoms. The normalized spacial score (nSPS) is 10.8. The Labute approximate surface area is 542 Å². The van der Waals surface area contributed by atoms with Gasteiger partial charge in [-0.3, -0.25) is 43.3 Å². The van der Waals surface area contributed by atoms with Crippen molar-refractivity contribution in [1.82, 2.24) is 31.2 Å². The van der Waals surface area contributed by atoms with E-state index in [1.165, 1.54) is 22.7 Å². The van der Waals surface area contributed by atoms with E-state index in [0.29, 0.717) is 154 Å². The van der Waals surface area contributed by atoms with Crippen molar-refractivity contribution in [1.29, 1.82) is 43.3 Å². The third-order valence-corrected chi connectivity index (χ3v) is 14.9. The third-order valence-electron chi connectivity index (χ3n) is 13.1. The zero-order chi connectivity index (χ0) is 66.4. The van der Waals surface area contributed by atoms with Gasteiger partial charge in [-0.15, -0.1) is 22.7 Å². The molecule has 494 valence electrons. The molecule has 0 saturated heterocycles. The van der Waals surface area contributed by atoms with Crippen molar-refractivity contribution >= 4 is 69.7 Å². The summed E-state index contributed by atoms with van der Waals surface area (Å²) >= 11 is 2.85. The number of nitrogens with two attached hydrogens (primary N) is 7. The highest BCUT2D eigenvalue weighted by Gasteiger charge is 2.27. The lowest BCUT2D eigenvalue weighted by Gasteiger charge is -2.22. The molecule has 0 atom stereocenters. The molecule has 2 aromatic heterocycles. The lowest BCUT2D eigenvalue weighted by atomic mass is 9.99. The lowest BCUT2D eigenvalue weighted by Crippen LogP contribution is -2.33. The molecule has 0 amide bonds. The Balaban J connectivity index is 1.39. The number of aryl methyl sites for hydroxylation is 2.